The molecule has 0 spiro atoms. The Balaban J connectivity index is 2.16. The van der Waals surface area contributed by atoms with Crippen LogP contribution in [0.3, 0.4) is 0 Å². The van der Waals surface area contributed by atoms with Crippen LogP contribution in [0.1, 0.15) is 15.9 Å². The van der Waals surface area contributed by atoms with E-state index in [0.29, 0.717) is 15.3 Å². The van der Waals surface area contributed by atoms with Crippen LogP contribution in [0.2, 0.25) is 4.34 Å². The molecular weight excluding hydrogens is 479 g/mol. The van der Waals surface area contributed by atoms with Gasteiger partial charge in [0.05, 0.1) is 28.3 Å². The molecule has 0 saturated carbocycles. The number of ether oxygens (including phenoxy) is 1. The summed E-state index contributed by atoms with van der Waals surface area (Å²) in [6.45, 7) is 0. The molecule has 1 aromatic heterocycles. The molecule has 0 aliphatic carbocycles. The molecule has 31 heavy (non-hydrogen) atoms. The molecule has 0 aliphatic heterocycles. The molecule has 0 radical (unpaired) electrons. The first-order valence-corrected chi connectivity index (χ1v) is 11.0. The van der Waals surface area contributed by atoms with Crippen molar-refractivity contribution in [1.29, 1.82) is 0 Å². The Bertz CT molecular complexity index is 1260. The Labute approximate surface area is 183 Å². The number of carbonyl (C=O) groups is 1. The summed E-state index contributed by atoms with van der Waals surface area (Å²) in [5.74, 6) is -1.56. The van der Waals surface area contributed by atoms with Crippen molar-refractivity contribution < 1.29 is 36.2 Å². The summed E-state index contributed by atoms with van der Waals surface area (Å²) in [4.78, 5) is 11.1. The third-order valence-electron chi connectivity index (χ3n) is 4.13. The number of aromatic carboxylic acids is 1. The number of carboxylic acids is 1. The number of halogens is 4. The number of alkyl halides is 3. The highest BCUT2D eigenvalue weighted by Gasteiger charge is 2.32. The van der Waals surface area contributed by atoms with Gasteiger partial charge in [0.15, 0.2) is 0 Å². The molecule has 0 saturated heterocycles. The van der Waals surface area contributed by atoms with Gasteiger partial charge in [-0.25, -0.2) is 13.2 Å². The minimum absolute atomic E-state index is 0.168. The van der Waals surface area contributed by atoms with E-state index in [2.05, 4.69) is 4.72 Å². The molecule has 0 fully saturated rings. The molecule has 3 rings (SSSR count). The van der Waals surface area contributed by atoms with Crippen LogP contribution in [-0.2, 0) is 16.2 Å². The van der Waals surface area contributed by atoms with E-state index in [0.717, 1.165) is 41.7 Å². The quantitative estimate of drug-likeness (QED) is 0.468. The second-order valence-corrected chi connectivity index (χ2v) is 9.50. The topological polar surface area (TPSA) is 92.7 Å². The van der Waals surface area contributed by atoms with Crippen LogP contribution in [0.4, 0.5) is 18.9 Å². The van der Waals surface area contributed by atoms with Crippen molar-refractivity contribution in [3.63, 3.8) is 0 Å². The van der Waals surface area contributed by atoms with Crippen LogP contribution in [0.5, 0.6) is 5.75 Å². The largest absolute Gasteiger partial charge is 0.495 e. The van der Waals surface area contributed by atoms with Crippen molar-refractivity contribution in [3.8, 4) is 16.2 Å². The summed E-state index contributed by atoms with van der Waals surface area (Å²) >= 11 is 6.96. The van der Waals surface area contributed by atoms with Gasteiger partial charge in [0.25, 0.3) is 10.0 Å². The summed E-state index contributed by atoms with van der Waals surface area (Å²) in [6, 6.07) is 8.83. The second-order valence-electron chi connectivity index (χ2n) is 6.14. The van der Waals surface area contributed by atoms with Crippen molar-refractivity contribution in [3.05, 3.63) is 64.0 Å². The predicted molar refractivity (Wildman–Crippen MR) is 111 cm³/mol. The molecule has 6 nitrogen and oxygen atoms in total. The Kier molecular flexibility index (Phi) is 6.21. The number of sulfonamides is 1. The summed E-state index contributed by atoms with van der Waals surface area (Å²) < 4.78 is 73.2. The van der Waals surface area contributed by atoms with Crippen LogP contribution < -0.4 is 9.46 Å². The van der Waals surface area contributed by atoms with Crippen LogP contribution in [-0.4, -0.2) is 26.6 Å². The van der Waals surface area contributed by atoms with E-state index in [1.165, 1.54) is 13.2 Å². The van der Waals surface area contributed by atoms with Gasteiger partial charge in [-0.1, -0.05) is 17.7 Å². The number of rotatable bonds is 6. The predicted octanol–water partition coefficient (Wildman–Crippen LogP) is 5.59. The van der Waals surface area contributed by atoms with Gasteiger partial charge in [0.1, 0.15) is 10.6 Å². The lowest BCUT2D eigenvalue weighted by Gasteiger charge is -2.16. The lowest BCUT2D eigenvalue weighted by Crippen LogP contribution is -2.16. The maximum absolute atomic E-state index is 13.2. The standard InChI is InChI=1S/C19H13ClF3NO5S2/c1-29-14-5-2-10(18(25)26)8-16(14)31(27,28)24-13-9-11(19(21,22)23)3-4-12(13)15-6-7-17(20)30-15/h2-9,24H,1H3,(H,25,26). The zero-order valence-electron chi connectivity index (χ0n) is 15.5. The Morgan fingerprint density at radius 2 is 1.84 bits per heavy atom. The summed E-state index contributed by atoms with van der Waals surface area (Å²) in [5, 5.41) is 9.16. The molecule has 2 aromatic carbocycles. The molecule has 0 unspecified atom stereocenters. The van der Waals surface area contributed by atoms with E-state index in [-0.39, 0.29) is 22.6 Å². The van der Waals surface area contributed by atoms with E-state index >= 15 is 0 Å². The lowest BCUT2D eigenvalue weighted by atomic mass is 10.1. The first-order valence-electron chi connectivity index (χ1n) is 8.33. The van der Waals surface area contributed by atoms with E-state index in [9.17, 15) is 26.4 Å². The molecule has 0 atom stereocenters. The van der Waals surface area contributed by atoms with Crippen molar-refractivity contribution in [2.45, 2.75) is 11.1 Å². The molecule has 0 bridgehead atoms. The van der Waals surface area contributed by atoms with Gasteiger partial charge in [-0.3, -0.25) is 4.72 Å². The molecule has 164 valence electrons. The molecule has 12 heteroatoms. The van der Waals surface area contributed by atoms with E-state index < -0.39 is 32.6 Å². The van der Waals surface area contributed by atoms with Crippen LogP contribution in [0.15, 0.2) is 53.4 Å². The molecule has 3 aromatic rings. The summed E-state index contributed by atoms with van der Waals surface area (Å²) in [7, 11) is -3.35. The van der Waals surface area contributed by atoms with Gasteiger partial charge < -0.3 is 9.84 Å². The SMILES string of the molecule is COc1ccc(C(=O)O)cc1S(=O)(=O)Nc1cc(C(F)(F)F)ccc1-c1ccc(Cl)s1. The third-order valence-corrected chi connectivity index (χ3v) is 6.78. The maximum Gasteiger partial charge on any atom is 0.416 e. The zero-order chi connectivity index (χ0) is 23.0. The van der Waals surface area contributed by atoms with Crippen LogP contribution in [0, 0.1) is 0 Å². The average Bonchev–Trinajstić information content (AvgIpc) is 3.12. The minimum atomic E-state index is -4.72. The van der Waals surface area contributed by atoms with Gasteiger partial charge in [0, 0.05) is 10.4 Å². The molecular formula is C19H13ClF3NO5S2. The van der Waals surface area contributed by atoms with E-state index in [4.69, 9.17) is 21.4 Å². The maximum atomic E-state index is 13.2. The number of hydrogen-bond acceptors (Lipinski definition) is 5. The number of methoxy groups -OCH3 is 1. The molecule has 1 heterocycles. The van der Waals surface area contributed by atoms with Gasteiger partial charge in [-0.05, 0) is 42.5 Å². The van der Waals surface area contributed by atoms with Crippen molar-refractivity contribution in [2.24, 2.45) is 0 Å². The molecule has 0 amide bonds. The van der Waals surface area contributed by atoms with Crippen LogP contribution >= 0.6 is 22.9 Å². The van der Waals surface area contributed by atoms with Crippen LogP contribution in [0.25, 0.3) is 10.4 Å². The van der Waals surface area contributed by atoms with Gasteiger partial charge in [0.2, 0.25) is 0 Å². The second kappa shape index (κ2) is 8.40. The third kappa shape index (κ3) is 4.94. The van der Waals surface area contributed by atoms with Crippen molar-refractivity contribution in [1.82, 2.24) is 0 Å². The highest BCUT2D eigenvalue weighted by molar-refractivity contribution is 7.92. The summed E-state index contributed by atoms with van der Waals surface area (Å²) in [6.07, 6.45) is -4.72. The number of hydrogen-bond donors (Lipinski definition) is 2. The zero-order valence-corrected chi connectivity index (χ0v) is 17.9. The number of nitrogens with one attached hydrogen (secondary N) is 1. The van der Waals surface area contributed by atoms with E-state index in [1.54, 1.807) is 6.07 Å². The van der Waals surface area contributed by atoms with Gasteiger partial charge in [-0.2, -0.15) is 13.2 Å². The fourth-order valence-electron chi connectivity index (χ4n) is 2.70. The highest BCUT2D eigenvalue weighted by atomic mass is 35.5. The van der Waals surface area contributed by atoms with Crippen molar-refractivity contribution in [2.75, 3.05) is 11.8 Å². The number of carboxylic acid groups (broad SMARTS) is 1. The Morgan fingerprint density at radius 1 is 1.13 bits per heavy atom. The minimum Gasteiger partial charge on any atom is -0.495 e. The average molecular weight is 492 g/mol. The Hall–Kier alpha value is -2.76. The first kappa shape index (κ1) is 22.9. The Morgan fingerprint density at radius 3 is 2.39 bits per heavy atom. The smallest absolute Gasteiger partial charge is 0.416 e. The fourth-order valence-corrected chi connectivity index (χ4v) is 5.05. The van der Waals surface area contributed by atoms with E-state index in [1.807, 2.05) is 0 Å². The summed E-state index contributed by atoms with van der Waals surface area (Å²) in [5.41, 5.74) is -1.59. The number of anilines is 1. The monoisotopic (exact) mass is 491 g/mol. The molecule has 0 aliphatic rings. The molecule has 2 N–H and O–H groups in total. The van der Waals surface area contributed by atoms with Gasteiger partial charge in [-0.15, -0.1) is 11.3 Å². The normalized spacial score (nSPS) is 11.9. The first-order chi connectivity index (χ1) is 14.4. The highest BCUT2D eigenvalue weighted by Crippen LogP contribution is 2.40. The fraction of sp³-hybridized carbons (Fsp3) is 0.105. The lowest BCUT2D eigenvalue weighted by molar-refractivity contribution is -0.137. The number of thiophene rings is 1. The van der Waals surface area contributed by atoms with Gasteiger partial charge >= 0.3 is 12.1 Å². The number of benzene rings is 2. The van der Waals surface area contributed by atoms with Crippen molar-refractivity contribution >= 4 is 44.6 Å².